The Kier molecular flexibility index (Phi) is 27.4. The predicted octanol–water partition coefficient (Wildman–Crippen LogP) is -8.59. The van der Waals surface area contributed by atoms with Crippen molar-refractivity contribution in [3.63, 3.8) is 0 Å². The molecule has 0 saturated heterocycles. The summed E-state index contributed by atoms with van der Waals surface area (Å²) in [6.45, 7) is 15.6. The van der Waals surface area contributed by atoms with Crippen LogP contribution in [0.25, 0.3) is 4.85 Å². The molecule has 0 aromatic heterocycles. The van der Waals surface area contributed by atoms with Gasteiger partial charge < -0.3 is 29.1 Å². The number of rotatable bonds is 22. The van der Waals surface area contributed by atoms with E-state index in [1.807, 2.05) is 29.4 Å². The zero-order valence-corrected chi connectivity index (χ0v) is 52.9. The van der Waals surface area contributed by atoms with E-state index < -0.39 is 92.0 Å². The van der Waals surface area contributed by atoms with Gasteiger partial charge in [-0.3, -0.25) is 19.2 Å². The van der Waals surface area contributed by atoms with Crippen molar-refractivity contribution in [3.8, 4) is 0 Å². The molecule has 0 spiro atoms. The van der Waals surface area contributed by atoms with Crippen LogP contribution < -0.4 is 134 Å². The molecule has 29 heteroatoms. The van der Waals surface area contributed by atoms with Gasteiger partial charge in [-0.15, -0.1) is 0 Å². The third-order valence-corrected chi connectivity index (χ3v) is 15.5. The maximum absolute atomic E-state index is 13.7. The SMILES string of the molecule is [C-]#[N+]C(C(=O)NCCS(=O)(=O)[O-])C1=C(C=CC2=[N+](CCCCS(=O)(=O)O)c3ccc(SOO[O-])cc3C2(C)C)CCC1=C/C=C1/N(CCCCS(=O)(=O)[O-])c2ccc(S(=O)(=O)[O-])cc2C1(C)C.[Na+].[Na+].[Na+].[Na+]. The Bertz CT molecular complexity index is 2960. The summed E-state index contributed by atoms with van der Waals surface area (Å²) in [4.78, 5) is 19.3. The van der Waals surface area contributed by atoms with Crippen LogP contribution in [0.5, 0.6) is 0 Å². The maximum Gasteiger partial charge on any atom is 1.00 e. The zero-order valence-electron chi connectivity index (χ0n) is 40.8. The molecule has 1 amide bonds. The molecule has 71 heavy (non-hydrogen) atoms. The molecule has 0 radical (unpaired) electrons. The summed E-state index contributed by atoms with van der Waals surface area (Å²) in [6, 6.07) is 7.68. The average Bonchev–Trinajstić information content (AvgIpc) is 3.78. The number of nitrogens with one attached hydrogen (secondary N) is 1. The standard InChI is InChI=1S/C42H52N4O16S5.4Na/c1-41(2)32-26-30(63-62-61-48)14-16-34(32)45(21-6-8-23-64(49,50)51)36(41)18-12-28-10-11-29(38(28)39(43-5)40(47)44-20-25-66(55,56)57)13-19-37-42(3,4)33-27-31(67(58,59)60)15-17-35(33)46(37)22-7-9-24-65(52,53)54;;;;/h12-19,26-27,39H,6-11,20-25H2,1-4H3,(H5-,44,47,48,49,50,51,52,53,54,55,56,57,58,59,60);;;;/q;4*+1/p-3. The van der Waals surface area contributed by atoms with Crippen LogP contribution in [0.1, 0.15) is 77.3 Å². The van der Waals surface area contributed by atoms with Crippen LogP contribution in [0, 0.1) is 6.57 Å². The van der Waals surface area contributed by atoms with Gasteiger partial charge >= 0.3 is 130 Å². The molecule has 2 aromatic rings. The van der Waals surface area contributed by atoms with Gasteiger partial charge in [-0.1, -0.05) is 26.0 Å². The first-order valence-electron chi connectivity index (χ1n) is 20.7. The molecule has 1 atom stereocenters. The number of hydrogen-bond acceptors (Lipinski definition) is 17. The fraction of sp³-hybridized carbons (Fsp3) is 0.452. The van der Waals surface area contributed by atoms with Crippen molar-refractivity contribution in [1.29, 1.82) is 0 Å². The summed E-state index contributed by atoms with van der Waals surface area (Å²) in [7, 11) is -18.3. The Labute approximate surface area is 508 Å². The molecule has 2 N–H and O–H groups in total. The molecular formula is C42H49N4Na4O16S5+. The number of nitrogens with zero attached hydrogens (tertiary/aromatic N) is 3. The Hall–Kier alpha value is -0.300. The first-order valence-corrected chi connectivity index (χ1v) is 27.6. The number of anilines is 1. The minimum absolute atomic E-state index is 0. The van der Waals surface area contributed by atoms with Crippen LogP contribution in [0.15, 0.2) is 92.9 Å². The number of fused-ring (bicyclic) bond motifs is 2. The number of unbranched alkanes of at least 4 members (excludes halogenated alkanes) is 2. The molecular weight excluding hydrogens is 1070 g/mol. The first kappa shape index (κ1) is 68.7. The monoisotopic (exact) mass is 1120 g/mol. The van der Waals surface area contributed by atoms with E-state index in [1.54, 1.807) is 50.3 Å². The van der Waals surface area contributed by atoms with Gasteiger partial charge in [0.05, 0.1) is 59.7 Å². The molecule has 2 aromatic carbocycles. The van der Waals surface area contributed by atoms with Crippen molar-refractivity contribution in [2.45, 2.75) is 92.9 Å². The molecule has 1 aliphatic carbocycles. The second-order valence-electron chi connectivity index (χ2n) is 17.0. The largest absolute Gasteiger partial charge is 1.00 e. The van der Waals surface area contributed by atoms with Crippen molar-refractivity contribution in [1.82, 2.24) is 5.32 Å². The van der Waals surface area contributed by atoms with Gasteiger partial charge in [0.1, 0.15) is 16.7 Å². The third kappa shape index (κ3) is 18.4. The van der Waals surface area contributed by atoms with Crippen LogP contribution in [-0.2, 0) is 65.5 Å². The summed E-state index contributed by atoms with van der Waals surface area (Å²) in [5, 5.41) is 16.5. The fourth-order valence-corrected chi connectivity index (χ4v) is 11.0. The van der Waals surface area contributed by atoms with Crippen molar-refractivity contribution < 1.29 is 194 Å². The Morgan fingerprint density at radius 3 is 2.10 bits per heavy atom. The summed E-state index contributed by atoms with van der Waals surface area (Å²) in [5.41, 5.74) is 3.49. The number of carbonyl (C=O) groups is 1. The van der Waals surface area contributed by atoms with E-state index in [-0.39, 0.29) is 150 Å². The Morgan fingerprint density at radius 1 is 0.859 bits per heavy atom. The van der Waals surface area contributed by atoms with E-state index in [2.05, 4.69) is 19.5 Å². The number of benzene rings is 2. The van der Waals surface area contributed by atoms with E-state index in [0.717, 1.165) is 17.0 Å². The van der Waals surface area contributed by atoms with Crippen LogP contribution in [0.2, 0.25) is 0 Å². The zero-order chi connectivity index (χ0) is 49.8. The molecule has 3 aliphatic rings. The predicted molar refractivity (Wildman–Crippen MR) is 241 cm³/mol. The molecule has 366 valence electrons. The summed E-state index contributed by atoms with van der Waals surface area (Å²) >= 11 is 0.697. The third-order valence-electron chi connectivity index (χ3n) is 11.8. The molecule has 0 bridgehead atoms. The van der Waals surface area contributed by atoms with Gasteiger partial charge in [0.2, 0.25) is 5.69 Å². The van der Waals surface area contributed by atoms with E-state index in [4.69, 9.17) is 6.57 Å². The number of amides is 1. The molecule has 1 unspecified atom stereocenters. The van der Waals surface area contributed by atoms with Crippen molar-refractivity contribution in [2.75, 3.05) is 41.8 Å². The number of hydrogen-bond donors (Lipinski definition) is 2. The van der Waals surface area contributed by atoms with Crippen LogP contribution >= 0.6 is 12.0 Å². The molecule has 5 rings (SSSR count). The van der Waals surface area contributed by atoms with Gasteiger partial charge in [-0.05, 0) is 99.1 Å². The Morgan fingerprint density at radius 2 is 1.51 bits per heavy atom. The number of allylic oxidation sites excluding steroid dienone is 6. The van der Waals surface area contributed by atoms with Gasteiger partial charge in [0.15, 0.2) is 5.71 Å². The van der Waals surface area contributed by atoms with Crippen molar-refractivity contribution >= 4 is 75.5 Å². The fourth-order valence-electron chi connectivity index (χ4n) is 8.61. The van der Waals surface area contributed by atoms with E-state index in [1.165, 1.54) is 18.2 Å². The summed E-state index contributed by atoms with van der Waals surface area (Å²) < 4.78 is 143. The quantitative estimate of drug-likeness (QED) is 0.0162. The van der Waals surface area contributed by atoms with Crippen molar-refractivity contribution in [3.05, 3.63) is 106 Å². The van der Waals surface area contributed by atoms with Gasteiger partial charge in [-0.2, -0.15) is 17.3 Å². The molecule has 2 heterocycles. The smallest absolute Gasteiger partial charge is 0.748 e. The topological polar surface area (TPSA) is 307 Å². The average molecular weight is 1120 g/mol. The van der Waals surface area contributed by atoms with E-state index in [9.17, 15) is 61.9 Å². The first-order chi connectivity index (χ1) is 31.1. The van der Waals surface area contributed by atoms with Crippen LogP contribution in [0.4, 0.5) is 11.4 Å². The second-order valence-corrected chi connectivity index (χ2v) is 23.8. The molecule has 0 saturated carbocycles. The molecule has 20 nitrogen and oxygen atoms in total. The normalized spacial score (nSPS) is 17.8. The molecule has 2 aliphatic heterocycles. The summed E-state index contributed by atoms with van der Waals surface area (Å²) in [6.07, 6.45) is 8.31. The maximum atomic E-state index is 13.7. The van der Waals surface area contributed by atoms with Crippen molar-refractivity contribution in [2.24, 2.45) is 0 Å². The van der Waals surface area contributed by atoms with E-state index in [0.29, 0.717) is 70.8 Å². The second kappa shape index (κ2) is 28.4. The van der Waals surface area contributed by atoms with Gasteiger partial charge in [0.25, 0.3) is 10.1 Å². The minimum atomic E-state index is -4.86. The van der Waals surface area contributed by atoms with E-state index >= 15 is 0 Å². The number of carbonyl (C=O) groups excluding carboxylic acids is 1. The minimum Gasteiger partial charge on any atom is -0.748 e. The van der Waals surface area contributed by atoms with Gasteiger partial charge in [-0.25, -0.2) is 31.8 Å². The molecule has 0 fully saturated rings. The Balaban J connectivity index is 0.00000630. The van der Waals surface area contributed by atoms with Crippen LogP contribution in [0.3, 0.4) is 0 Å². The van der Waals surface area contributed by atoms with Crippen LogP contribution in [-0.4, -0.2) is 111 Å². The summed E-state index contributed by atoms with van der Waals surface area (Å²) in [5.74, 6) is -2.86. The van der Waals surface area contributed by atoms with Gasteiger partial charge in [0, 0.05) is 64.7 Å².